The molecule has 0 saturated carbocycles. The van der Waals surface area contributed by atoms with Crippen LogP contribution in [-0.2, 0) is 6.61 Å². The number of aldehydes is 1. The average Bonchev–Trinajstić information content (AvgIpc) is 2.39. The summed E-state index contributed by atoms with van der Waals surface area (Å²) in [5.74, 6) is 0.644. The molecule has 0 saturated heterocycles. The Morgan fingerprint density at radius 1 is 1.12 bits per heavy atom. The van der Waals surface area contributed by atoms with Crippen LogP contribution < -0.4 is 10.5 Å². The molecule has 0 heterocycles. The van der Waals surface area contributed by atoms with Crippen LogP contribution in [0.4, 0.5) is 5.69 Å². The molecule has 0 aliphatic heterocycles. The first kappa shape index (κ1) is 11.2. The molecule has 0 aliphatic carbocycles. The summed E-state index contributed by atoms with van der Waals surface area (Å²) in [7, 11) is 0. The van der Waals surface area contributed by atoms with Gasteiger partial charge in [-0.05, 0) is 23.8 Å². The van der Waals surface area contributed by atoms with Crippen LogP contribution in [0.3, 0.4) is 0 Å². The number of carbonyl (C=O) groups is 1. The minimum atomic E-state index is 0.454. The van der Waals surface area contributed by atoms with E-state index in [1.807, 2.05) is 30.3 Å². The summed E-state index contributed by atoms with van der Waals surface area (Å²) in [6, 6.07) is 14.9. The third-order valence-corrected chi connectivity index (χ3v) is 2.43. The summed E-state index contributed by atoms with van der Waals surface area (Å²) >= 11 is 0. The highest BCUT2D eigenvalue weighted by Crippen LogP contribution is 2.19. The Morgan fingerprint density at radius 3 is 2.59 bits per heavy atom. The molecule has 0 aromatic heterocycles. The molecule has 17 heavy (non-hydrogen) atoms. The highest BCUT2D eigenvalue weighted by Gasteiger charge is 2.01. The lowest BCUT2D eigenvalue weighted by Gasteiger charge is -2.07. The number of carbonyl (C=O) groups excluding carboxylic acids is 1. The van der Waals surface area contributed by atoms with Crippen LogP contribution in [0.15, 0.2) is 48.5 Å². The van der Waals surface area contributed by atoms with Crippen LogP contribution in [-0.4, -0.2) is 6.29 Å². The molecular formula is C14H13NO2. The normalized spacial score (nSPS) is 9.88. The molecule has 86 valence electrons. The summed E-state index contributed by atoms with van der Waals surface area (Å²) in [4.78, 5) is 10.7. The Balaban J connectivity index is 2.07. The second-order valence-electron chi connectivity index (χ2n) is 3.68. The van der Waals surface area contributed by atoms with Gasteiger partial charge in [-0.1, -0.05) is 30.3 Å². The number of benzene rings is 2. The van der Waals surface area contributed by atoms with Crippen molar-refractivity contribution in [2.45, 2.75) is 6.61 Å². The summed E-state index contributed by atoms with van der Waals surface area (Å²) in [6.07, 6.45) is 0.727. The molecule has 0 atom stereocenters. The molecule has 0 unspecified atom stereocenters. The number of ether oxygens (including phenoxy) is 1. The van der Waals surface area contributed by atoms with E-state index in [1.165, 1.54) is 0 Å². The molecule has 2 aromatic carbocycles. The lowest BCUT2D eigenvalue weighted by atomic mass is 10.2. The second kappa shape index (κ2) is 5.16. The number of nitrogens with two attached hydrogens (primary N) is 1. The predicted octanol–water partition coefficient (Wildman–Crippen LogP) is 2.66. The van der Waals surface area contributed by atoms with Gasteiger partial charge in [-0.25, -0.2) is 0 Å². The second-order valence-corrected chi connectivity index (χ2v) is 3.68. The zero-order chi connectivity index (χ0) is 12.1. The number of rotatable bonds is 4. The Hall–Kier alpha value is -2.29. The maximum atomic E-state index is 10.7. The van der Waals surface area contributed by atoms with E-state index in [4.69, 9.17) is 10.5 Å². The van der Waals surface area contributed by atoms with E-state index < -0.39 is 0 Å². The SMILES string of the molecule is Nc1ccc(OCc2ccccc2)cc1C=O. The van der Waals surface area contributed by atoms with E-state index in [2.05, 4.69) is 0 Å². The fraction of sp³-hybridized carbons (Fsp3) is 0.0714. The Morgan fingerprint density at radius 2 is 1.88 bits per heavy atom. The highest BCUT2D eigenvalue weighted by atomic mass is 16.5. The van der Waals surface area contributed by atoms with Gasteiger partial charge < -0.3 is 10.5 Å². The maximum Gasteiger partial charge on any atom is 0.152 e. The van der Waals surface area contributed by atoms with Crippen LogP contribution in [0, 0.1) is 0 Å². The number of anilines is 1. The molecule has 0 spiro atoms. The van der Waals surface area contributed by atoms with Gasteiger partial charge >= 0.3 is 0 Å². The number of nitrogen functional groups attached to an aromatic ring is 1. The van der Waals surface area contributed by atoms with Crippen LogP contribution in [0.2, 0.25) is 0 Å². The zero-order valence-corrected chi connectivity index (χ0v) is 9.30. The van der Waals surface area contributed by atoms with E-state index >= 15 is 0 Å². The van der Waals surface area contributed by atoms with Gasteiger partial charge in [0.15, 0.2) is 6.29 Å². The smallest absolute Gasteiger partial charge is 0.152 e. The van der Waals surface area contributed by atoms with Crippen molar-refractivity contribution in [1.82, 2.24) is 0 Å². The van der Waals surface area contributed by atoms with Gasteiger partial charge in [0.25, 0.3) is 0 Å². The van der Waals surface area contributed by atoms with E-state index in [1.54, 1.807) is 18.2 Å². The first-order chi connectivity index (χ1) is 8.29. The molecule has 0 aliphatic rings. The van der Waals surface area contributed by atoms with Crippen molar-refractivity contribution in [3.63, 3.8) is 0 Å². The van der Waals surface area contributed by atoms with Crippen LogP contribution in [0.1, 0.15) is 15.9 Å². The van der Waals surface area contributed by atoms with Crippen molar-refractivity contribution >= 4 is 12.0 Å². The quantitative estimate of drug-likeness (QED) is 0.645. The number of hydrogen-bond donors (Lipinski definition) is 1. The van der Waals surface area contributed by atoms with Crippen molar-refractivity contribution in [2.75, 3.05) is 5.73 Å². The van der Waals surface area contributed by atoms with Crippen LogP contribution >= 0.6 is 0 Å². The number of hydrogen-bond acceptors (Lipinski definition) is 3. The Kier molecular flexibility index (Phi) is 3.40. The zero-order valence-electron chi connectivity index (χ0n) is 9.30. The predicted molar refractivity (Wildman–Crippen MR) is 67.0 cm³/mol. The van der Waals surface area contributed by atoms with Crippen molar-refractivity contribution < 1.29 is 9.53 Å². The lowest BCUT2D eigenvalue weighted by molar-refractivity contribution is 0.112. The molecule has 0 bridgehead atoms. The monoisotopic (exact) mass is 227 g/mol. The first-order valence-corrected chi connectivity index (χ1v) is 5.31. The Bertz CT molecular complexity index is 509. The minimum Gasteiger partial charge on any atom is -0.489 e. The third-order valence-electron chi connectivity index (χ3n) is 2.43. The molecule has 0 radical (unpaired) electrons. The van der Waals surface area contributed by atoms with Gasteiger partial charge in [0.2, 0.25) is 0 Å². The van der Waals surface area contributed by atoms with Gasteiger partial charge in [0, 0.05) is 11.3 Å². The minimum absolute atomic E-state index is 0.454. The molecule has 2 rings (SSSR count). The maximum absolute atomic E-state index is 10.7. The van der Waals surface area contributed by atoms with Crippen molar-refractivity contribution in [3.8, 4) is 5.75 Å². The topological polar surface area (TPSA) is 52.3 Å². The van der Waals surface area contributed by atoms with E-state index in [9.17, 15) is 4.79 Å². The highest BCUT2D eigenvalue weighted by molar-refractivity contribution is 5.83. The van der Waals surface area contributed by atoms with Crippen molar-refractivity contribution in [2.24, 2.45) is 0 Å². The van der Waals surface area contributed by atoms with E-state index in [-0.39, 0.29) is 0 Å². The first-order valence-electron chi connectivity index (χ1n) is 5.31. The van der Waals surface area contributed by atoms with Gasteiger partial charge in [-0.2, -0.15) is 0 Å². The van der Waals surface area contributed by atoms with Gasteiger partial charge in [0.05, 0.1) is 0 Å². The molecule has 3 heteroatoms. The Labute approximate surface area is 99.8 Å². The van der Waals surface area contributed by atoms with Crippen molar-refractivity contribution in [3.05, 3.63) is 59.7 Å². The molecule has 0 amide bonds. The summed E-state index contributed by atoms with van der Waals surface area (Å²) in [6.45, 7) is 0.475. The molecule has 3 nitrogen and oxygen atoms in total. The van der Waals surface area contributed by atoms with Gasteiger partial charge in [-0.3, -0.25) is 4.79 Å². The van der Waals surface area contributed by atoms with E-state index in [0.29, 0.717) is 23.6 Å². The average molecular weight is 227 g/mol. The van der Waals surface area contributed by atoms with Gasteiger partial charge in [-0.15, -0.1) is 0 Å². The summed E-state index contributed by atoms with van der Waals surface area (Å²) < 4.78 is 5.58. The largest absolute Gasteiger partial charge is 0.489 e. The summed E-state index contributed by atoms with van der Waals surface area (Å²) in [5, 5.41) is 0. The standard InChI is InChI=1S/C14H13NO2/c15-14-7-6-13(8-12(14)9-16)17-10-11-4-2-1-3-5-11/h1-9H,10,15H2. The third kappa shape index (κ3) is 2.84. The molecular weight excluding hydrogens is 214 g/mol. The lowest BCUT2D eigenvalue weighted by Crippen LogP contribution is -1.97. The molecule has 0 fully saturated rings. The van der Waals surface area contributed by atoms with Crippen LogP contribution in [0.25, 0.3) is 0 Å². The molecule has 2 aromatic rings. The van der Waals surface area contributed by atoms with Crippen molar-refractivity contribution in [1.29, 1.82) is 0 Å². The fourth-order valence-corrected chi connectivity index (χ4v) is 1.49. The van der Waals surface area contributed by atoms with Gasteiger partial charge in [0.1, 0.15) is 12.4 Å². The van der Waals surface area contributed by atoms with Crippen LogP contribution in [0.5, 0.6) is 5.75 Å². The van der Waals surface area contributed by atoms with E-state index in [0.717, 1.165) is 11.8 Å². The molecule has 2 N–H and O–H groups in total. The fourth-order valence-electron chi connectivity index (χ4n) is 1.49. The summed E-state index contributed by atoms with van der Waals surface area (Å²) in [5.41, 5.74) is 7.62.